The van der Waals surface area contributed by atoms with Crippen molar-refractivity contribution in [3.05, 3.63) is 0 Å². The van der Waals surface area contributed by atoms with E-state index in [9.17, 15) is 4.79 Å². The predicted octanol–water partition coefficient (Wildman–Crippen LogP) is -1.18. The maximum absolute atomic E-state index is 10.4. The lowest BCUT2D eigenvalue weighted by molar-refractivity contribution is -0.121. The van der Waals surface area contributed by atoms with Gasteiger partial charge >= 0.3 is 0 Å². The molecule has 60 valence electrons. The van der Waals surface area contributed by atoms with Crippen LogP contribution in [0.1, 0.15) is 13.8 Å². The number of primary amides is 1. The van der Waals surface area contributed by atoms with Gasteiger partial charge in [0.25, 0.3) is 0 Å². The van der Waals surface area contributed by atoms with Crippen LogP contribution in [0, 0.1) is 5.92 Å². The van der Waals surface area contributed by atoms with E-state index in [2.05, 4.69) is 0 Å². The fourth-order valence-electron chi connectivity index (χ4n) is 0.559. The standard InChI is InChI=1S/C6H14N2O2/c1-3(4(2)9)5(7)6(8)10/h3-5,9H,7H2,1-2H3,(H2,8,10). The van der Waals surface area contributed by atoms with Crippen molar-refractivity contribution in [2.75, 3.05) is 0 Å². The van der Waals surface area contributed by atoms with Gasteiger partial charge in [-0.15, -0.1) is 0 Å². The third kappa shape index (κ3) is 2.33. The highest BCUT2D eigenvalue weighted by Crippen LogP contribution is 2.05. The molecule has 0 aromatic carbocycles. The van der Waals surface area contributed by atoms with Crippen molar-refractivity contribution < 1.29 is 9.90 Å². The predicted molar refractivity (Wildman–Crippen MR) is 38.0 cm³/mol. The first kappa shape index (κ1) is 9.39. The van der Waals surface area contributed by atoms with Crippen LogP contribution >= 0.6 is 0 Å². The Bertz CT molecular complexity index is 125. The molecule has 0 rings (SSSR count). The normalized spacial score (nSPS) is 19.6. The maximum Gasteiger partial charge on any atom is 0.234 e. The third-order valence-electron chi connectivity index (χ3n) is 1.66. The smallest absolute Gasteiger partial charge is 0.234 e. The first-order chi connectivity index (χ1) is 4.46. The molecule has 0 spiro atoms. The summed E-state index contributed by atoms with van der Waals surface area (Å²) in [4.78, 5) is 10.4. The van der Waals surface area contributed by atoms with Gasteiger partial charge < -0.3 is 16.6 Å². The lowest BCUT2D eigenvalue weighted by atomic mass is 9.97. The average molecular weight is 146 g/mol. The van der Waals surface area contributed by atoms with Gasteiger partial charge in [0.05, 0.1) is 12.1 Å². The number of aliphatic hydroxyl groups excluding tert-OH is 1. The third-order valence-corrected chi connectivity index (χ3v) is 1.66. The van der Waals surface area contributed by atoms with E-state index in [0.29, 0.717) is 0 Å². The summed E-state index contributed by atoms with van der Waals surface area (Å²) in [5.74, 6) is -0.856. The second kappa shape index (κ2) is 3.53. The molecule has 0 aliphatic carbocycles. The van der Waals surface area contributed by atoms with Crippen LogP contribution in [0.15, 0.2) is 0 Å². The Kier molecular flexibility index (Phi) is 3.32. The van der Waals surface area contributed by atoms with Crippen molar-refractivity contribution in [3.63, 3.8) is 0 Å². The van der Waals surface area contributed by atoms with Gasteiger partial charge in [-0.3, -0.25) is 4.79 Å². The molecule has 0 bridgehead atoms. The highest BCUT2D eigenvalue weighted by molar-refractivity contribution is 5.79. The lowest BCUT2D eigenvalue weighted by Crippen LogP contribution is -2.45. The second-order valence-corrected chi connectivity index (χ2v) is 2.53. The van der Waals surface area contributed by atoms with E-state index in [1.807, 2.05) is 0 Å². The average Bonchev–Trinajstić information content (AvgIpc) is 1.84. The van der Waals surface area contributed by atoms with Gasteiger partial charge in [0, 0.05) is 5.92 Å². The molecular weight excluding hydrogens is 132 g/mol. The van der Waals surface area contributed by atoms with Crippen molar-refractivity contribution in [2.24, 2.45) is 17.4 Å². The number of carbonyl (C=O) groups is 1. The first-order valence-corrected chi connectivity index (χ1v) is 3.19. The highest BCUT2D eigenvalue weighted by atomic mass is 16.3. The summed E-state index contributed by atoms with van der Waals surface area (Å²) in [6, 6.07) is -0.750. The Balaban J connectivity index is 3.94. The topological polar surface area (TPSA) is 89.3 Å². The molecule has 3 atom stereocenters. The molecule has 0 aromatic heterocycles. The molecule has 0 radical (unpaired) electrons. The summed E-state index contributed by atoms with van der Waals surface area (Å²) < 4.78 is 0. The van der Waals surface area contributed by atoms with Gasteiger partial charge in [0.1, 0.15) is 0 Å². The Labute approximate surface area is 60.2 Å². The molecular formula is C6H14N2O2. The van der Waals surface area contributed by atoms with E-state index in [1.165, 1.54) is 0 Å². The van der Waals surface area contributed by atoms with Crippen LogP contribution < -0.4 is 11.5 Å². The molecule has 0 saturated carbocycles. The number of amides is 1. The molecule has 10 heavy (non-hydrogen) atoms. The van der Waals surface area contributed by atoms with Crippen molar-refractivity contribution in [3.8, 4) is 0 Å². The Hall–Kier alpha value is -0.610. The lowest BCUT2D eigenvalue weighted by Gasteiger charge is -2.18. The van der Waals surface area contributed by atoms with Crippen molar-refractivity contribution in [1.29, 1.82) is 0 Å². The van der Waals surface area contributed by atoms with Crippen LogP contribution in [0.2, 0.25) is 0 Å². The Morgan fingerprint density at radius 3 is 2.00 bits per heavy atom. The summed E-state index contributed by atoms with van der Waals surface area (Å²) in [5, 5.41) is 8.95. The molecule has 4 nitrogen and oxygen atoms in total. The summed E-state index contributed by atoms with van der Waals surface area (Å²) in [6.07, 6.45) is -0.595. The number of carbonyl (C=O) groups excluding carboxylic acids is 1. The van der Waals surface area contributed by atoms with Gasteiger partial charge in [0.2, 0.25) is 5.91 Å². The van der Waals surface area contributed by atoms with E-state index in [-0.39, 0.29) is 5.92 Å². The van der Waals surface area contributed by atoms with Crippen LogP contribution in [0.4, 0.5) is 0 Å². The number of hydrogen-bond donors (Lipinski definition) is 3. The van der Waals surface area contributed by atoms with Crippen molar-refractivity contribution >= 4 is 5.91 Å². The Morgan fingerprint density at radius 1 is 1.50 bits per heavy atom. The largest absolute Gasteiger partial charge is 0.393 e. The minimum atomic E-state index is -0.750. The zero-order valence-electron chi connectivity index (χ0n) is 6.24. The second-order valence-electron chi connectivity index (χ2n) is 2.53. The van der Waals surface area contributed by atoms with Crippen LogP contribution in [-0.4, -0.2) is 23.2 Å². The molecule has 5 N–H and O–H groups in total. The van der Waals surface area contributed by atoms with Gasteiger partial charge in [-0.2, -0.15) is 0 Å². The fourth-order valence-corrected chi connectivity index (χ4v) is 0.559. The SMILES string of the molecule is CC(O)C(C)C(N)C(N)=O. The quantitative estimate of drug-likeness (QED) is 0.468. The van der Waals surface area contributed by atoms with Crippen LogP contribution in [0.25, 0.3) is 0 Å². The molecule has 0 aromatic rings. The Morgan fingerprint density at radius 2 is 1.90 bits per heavy atom. The van der Waals surface area contributed by atoms with E-state index >= 15 is 0 Å². The van der Waals surface area contributed by atoms with Crippen LogP contribution in [-0.2, 0) is 4.79 Å². The summed E-state index contributed by atoms with van der Waals surface area (Å²) in [6.45, 7) is 3.26. The van der Waals surface area contributed by atoms with E-state index in [0.717, 1.165) is 0 Å². The number of rotatable bonds is 3. The van der Waals surface area contributed by atoms with E-state index < -0.39 is 18.1 Å². The van der Waals surface area contributed by atoms with Gasteiger partial charge in [-0.05, 0) is 6.92 Å². The number of hydrogen-bond acceptors (Lipinski definition) is 3. The van der Waals surface area contributed by atoms with E-state index in [4.69, 9.17) is 16.6 Å². The van der Waals surface area contributed by atoms with Crippen LogP contribution in [0.3, 0.4) is 0 Å². The molecule has 0 fully saturated rings. The minimum absolute atomic E-state index is 0.280. The molecule has 1 amide bonds. The van der Waals surface area contributed by atoms with E-state index in [1.54, 1.807) is 13.8 Å². The molecule has 0 saturated heterocycles. The molecule has 0 aliphatic heterocycles. The number of aliphatic hydroxyl groups is 1. The molecule has 3 unspecified atom stereocenters. The zero-order valence-corrected chi connectivity index (χ0v) is 6.24. The minimum Gasteiger partial charge on any atom is -0.393 e. The summed E-state index contributed by atoms with van der Waals surface area (Å²) in [7, 11) is 0. The van der Waals surface area contributed by atoms with Crippen molar-refractivity contribution in [2.45, 2.75) is 26.0 Å². The first-order valence-electron chi connectivity index (χ1n) is 3.19. The van der Waals surface area contributed by atoms with Gasteiger partial charge in [0.15, 0.2) is 0 Å². The summed E-state index contributed by atoms with van der Waals surface area (Å²) in [5.41, 5.74) is 10.2. The van der Waals surface area contributed by atoms with Crippen molar-refractivity contribution in [1.82, 2.24) is 0 Å². The van der Waals surface area contributed by atoms with Gasteiger partial charge in [-0.1, -0.05) is 6.92 Å². The molecule has 0 heterocycles. The van der Waals surface area contributed by atoms with Crippen LogP contribution in [0.5, 0.6) is 0 Å². The monoisotopic (exact) mass is 146 g/mol. The fraction of sp³-hybridized carbons (Fsp3) is 0.833. The number of nitrogens with two attached hydrogens (primary N) is 2. The highest BCUT2D eigenvalue weighted by Gasteiger charge is 2.21. The summed E-state index contributed by atoms with van der Waals surface area (Å²) >= 11 is 0. The van der Waals surface area contributed by atoms with Gasteiger partial charge in [-0.25, -0.2) is 0 Å². The zero-order chi connectivity index (χ0) is 8.31. The maximum atomic E-state index is 10.4. The molecule has 4 heteroatoms. The molecule has 0 aliphatic rings.